The van der Waals surface area contributed by atoms with Gasteiger partial charge in [-0.15, -0.1) is 12.4 Å². The highest BCUT2D eigenvalue weighted by Gasteiger charge is 2.09. The van der Waals surface area contributed by atoms with Crippen LogP contribution in [0.2, 0.25) is 5.02 Å². The summed E-state index contributed by atoms with van der Waals surface area (Å²) < 4.78 is 5.94. The minimum absolute atomic E-state index is 0. The fraction of sp³-hybridized carbons (Fsp3) is 0.200. The average Bonchev–Trinajstić information content (AvgIpc) is 3.01. The lowest BCUT2D eigenvalue weighted by atomic mass is 10.1. The highest BCUT2D eigenvalue weighted by Crippen LogP contribution is 2.29. The molecule has 2 aromatic carbocycles. The average molecular weight is 362 g/mol. The van der Waals surface area contributed by atoms with E-state index in [1.54, 1.807) is 0 Å². The van der Waals surface area contributed by atoms with Crippen molar-refractivity contribution in [3.05, 3.63) is 82.1 Å². The maximum Gasteiger partial charge on any atom is 0.134 e. The topological polar surface area (TPSA) is 25.2 Å². The molecule has 0 aliphatic heterocycles. The molecule has 0 saturated heterocycles. The third-order valence-corrected chi connectivity index (χ3v) is 4.35. The first-order valence-electron chi connectivity index (χ1n) is 7.74. The predicted octanol–water partition coefficient (Wildman–Crippen LogP) is 5.93. The van der Waals surface area contributed by atoms with Gasteiger partial charge < -0.3 is 9.73 Å². The van der Waals surface area contributed by atoms with E-state index in [0.717, 1.165) is 34.2 Å². The number of hydrogen-bond donors (Lipinski definition) is 1. The predicted molar refractivity (Wildman–Crippen MR) is 103 cm³/mol. The molecular formula is C20H21Cl2NO. The maximum atomic E-state index is 6.18. The highest BCUT2D eigenvalue weighted by molar-refractivity contribution is 6.31. The Balaban J connectivity index is 0.00000208. The number of hydrogen-bond acceptors (Lipinski definition) is 2. The molecule has 0 saturated carbocycles. The molecule has 0 unspecified atom stereocenters. The second kappa shape index (κ2) is 8.39. The van der Waals surface area contributed by atoms with Crippen LogP contribution in [0.1, 0.15) is 22.5 Å². The molecule has 1 aromatic heterocycles. The van der Waals surface area contributed by atoms with Gasteiger partial charge in [0.2, 0.25) is 0 Å². The van der Waals surface area contributed by atoms with Gasteiger partial charge >= 0.3 is 0 Å². The molecule has 0 fully saturated rings. The lowest BCUT2D eigenvalue weighted by Crippen LogP contribution is -2.11. The summed E-state index contributed by atoms with van der Waals surface area (Å²) in [6.45, 7) is 5.63. The zero-order chi connectivity index (χ0) is 16.2. The second-order valence-electron chi connectivity index (χ2n) is 5.77. The van der Waals surface area contributed by atoms with Gasteiger partial charge in [-0.3, -0.25) is 0 Å². The summed E-state index contributed by atoms with van der Waals surface area (Å²) in [7, 11) is 0. The second-order valence-corrected chi connectivity index (χ2v) is 6.17. The first kappa shape index (κ1) is 18.6. The lowest BCUT2D eigenvalue weighted by Gasteiger charge is -2.05. The molecule has 0 radical (unpaired) electrons. The monoisotopic (exact) mass is 361 g/mol. The Kier molecular flexibility index (Phi) is 6.50. The number of rotatable bonds is 5. The van der Waals surface area contributed by atoms with Crippen molar-refractivity contribution in [1.82, 2.24) is 5.32 Å². The molecule has 0 atom stereocenters. The van der Waals surface area contributed by atoms with Crippen LogP contribution in [0.5, 0.6) is 0 Å². The van der Waals surface area contributed by atoms with Gasteiger partial charge in [0.25, 0.3) is 0 Å². The summed E-state index contributed by atoms with van der Waals surface area (Å²) >= 11 is 6.18. The molecule has 0 spiro atoms. The van der Waals surface area contributed by atoms with Crippen LogP contribution < -0.4 is 5.32 Å². The van der Waals surface area contributed by atoms with Crippen molar-refractivity contribution in [2.24, 2.45) is 0 Å². The normalized spacial score (nSPS) is 10.5. The van der Waals surface area contributed by atoms with Crippen molar-refractivity contribution in [2.45, 2.75) is 26.9 Å². The van der Waals surface area contributed by atoms with E-state index >= 15 is 0 Å². The number of nitrogens with one attached hydrogen (secondary N) is 1. The van der Waals surface area contributed by atoms with Crippen molar-refractivity contribution in [3.63, 3.8) is 0 Å². The molecule has 4 heteroatoms. The molecular weight excluding hydrogens is 341 g/mol. The lowest BCUT2D eigenvalue weighted by molar-refractivity contribution is 0.493. The van der Waals surface area contributed by atoms with E-state index in [1.807, 2.05) is 37.3 Å². The van der Waals surface area contributed by atoms with Gasteiger partial charge in [-0.2, -0.15) is 0 Å². The van der Waals surface area contributed by atoms with Gasteiger partial charge in [-0.05, 0) is 43.2 Å². The first-order valence-corrected chi connectivity index (χ1v) is 8.12. The zero-order valence-corrected chi connectivity index (χ0v) is 15.4. The Hall–Kier alpha value is -1.74. The Morgan fingerprint density at radius 2 is 1.67 bits per heavy atom. The van der Waals surface area contributed by atoms with Crippen molar-refractivity contribution >= 4 is 24.0 Å². The van der Waals surface area contributed by atoms with Crippen LogP contribution in [-0.4, -0.2) is 0 Å². The summed E-state index contributed by atoms with van der Waals surface area (Å²) in [4.78, 5) is 0. The van der Waals surface area contributed by atoms with Crippen molar-refractivity contribution in [2.75, 3.05) is 0 Å². The standard InChI is InChI=1S/C20H20ClNO.ClH/c1-14-6-8-16(9-7-14)12-22-13-17-10-11-20(23-17)18-4-3-5-19(21)15(18)2;/h3-11,22H,12-13H2,1-2H3;1H. The van der Waals surface area contributed by atoms with E-state index < -0.39 is 0 Å². The fourth-order valence-electron chi connectivity index (χ4n) is 2.53. The Bertz CT molecular complexity index is 794. The SMILES string of the molecule is Cc1ccc(CNCc2ccc(-c3cccc(Cl)c3C)o2)cc1.Cl. The molecule has 1 heterocycles. The summed E-state index contributed by atoms with van der Waals surface area (Å²) in [5.74, 6) is 1.78. The highest BCUT2D eigenvalue weighted by atomic mass is 35.5. The van der Waals surface area contributed by atoms with E-state index in [4.69, 9.17) is 16.0 Å². The molecule has 1 N–H and O–H groups in total. The van der Waals surface area contributed by atoms with Gasteiger partial charge in [0.1, 0.15) is 11.5 Å². The van der Waals surface area contributed by atoms with Crippen LogP contribution >= 0.6 is 24.0 Å². The van der Waals surface area contributed by atoms with Crippen LogP contribution in [0.3, 0.4) is 0 Å². The third kappa shape index (κ3) is 4.41. The van der Waals surface area contributed by atoms with E-state index in [0.29, 0.717) is 6.54 Å². The largest absolute Gasteiger partial charge is 0.460 e. The van der Waals surface area contributed by atoms with Crippen LogP contribution in [0.4, 0.5) is 0 Å². The van der Waals surface area contributed by atoms with E-state index in [9.17, 15) is 0 Å². The molecule has 0 amide bonds. The molecule has 3 rings (SSSR count). The fourth-order valence-corrected chi connectivity index (χ4v) is 2.70. The summed E-state index contributed by atoms with van der Waals surface area (Å²) in [6, 6.07) is 18.4. The summed E-state index contributed by atoms with van der Waals surface area (Å²) in [5.41, 5.74) is 4.64. The Morgan fingerprint density at radius 1 is 0.917 bits per heavy atom. The Labute approximate surface area is 154 Å². The molecule has 0 bridgehead atoms. The molecule has 0 aliphatic rings. The molecule has 0 aliphatic carbocycles. The number of benzene rings is 2. The number of halogens is 2. The zero-order valence-electron chi connectivity index (χ0n) is 13.8. The van der Waals surface area contributed by atoms with Crippen LogP contribution in [0.25, 0.3) is 11.3 Å². The number of aryl methyl sites for hydroxylation is 1. The molecule has 3 aromatic rings. The quantitative estimate of drug-likeness (QED) is 0.609. The van der Waals surface area contributed by atoms with Crippen molar-refractivity contribution in [1.29, 1.82) is 0 Å². The number of furan rings is 1. The smallest absolute Gasteiger partial charge is 0.134 e. The Morgan fingerprint density at radius 3 is 2.42 bits per heavy atom. The third-order valence-electron chi connectivity index (χ3n) is 3.94. The van der Waals surface area contributed by atoms with Crippen LogP contribution in [0.15, 0.2) is 59.0 Å². The molecule has 24 heavy (non-hydrogen) atoms. The van der Waals surface area contributed by atoms with Gasteiger partial charge in [0, 0.05) is 17.1 Å². The van der Waals surface area contributed by atoms with Gasteiger partial charge in [-0.1, -0.05) is 53.6 Å². The molecule has 2 nitrogen and oxygen atoms in total. The van der Waals surface area contributed by atoms with Gasteiger partial charge in [0.05, 0.1) is 6.54 Å². The van der Waals surface area contributed by atoms with E-state index in [1.165, 1.54) is 11.1 Å². The minimum Gasteiger partial charge on any atom is -0.460 e. The van der Waals surface area contributed by atoms with Gasteiger partial charge in [0.15, 0.2) is 0 Å². The van der Waals surface area contributed by atoms with E-state index in [-0.39, 0.29) is 12.4 Å². The minimum atomic E-state index is 0. The van der Waals surface area contributed by atoms with Crippen LogP contribution in [0, 0.1) is 13.8 Å². The van der Waals surface area contributed by atoms with Crippen LogP contribution in [-0.2, 0) is 13.1 Å². The van der Waals surface area contributed by atoms with Crippen molar-refractivity contribution < 1.29 is 4.42 Å². The van der Waals surface area contributed by atoms with Gasteiger partial charge in [-0.25, -0.2) is 0 Å². The molecule has 126 valence electrons. The first-order chi connectivity index (χ1) is 11.1. The summed E-state index contributed by atoms with van der Waals surface area (Å²) in [5, 5.41) is 4.17. The summed E-state index contributed by atoms with van der Waals surface area (Å²) in [6.07, 6.45) is 0. The van der Waals surface area contributed by atoms with E-state index in [2.05, 4.69) is 36.5 Å². The maximum absolute atomic E-state index is 6.18. The van der Waals surface area contributed by atoms with Crippen molar-refractivity contribution in [3.8, 4) is 11.3 Å².